The number of aliphatic hydroxyl groups is 7. The van der Waals surface area contributed by atoms with Crippen LogP contribution < -0.4 is 0 Å². The van der Waals surface area contributed by atoms with Gasteiger partial charge in [0, 0.05) is 5.75 Å². The van der Waals surface area contributed by atoms with E-state index in [1.807, 2.05) is 0 Å². The van der Waals surface area contributed by atoms with E-state index in [-0.39, 0.29) is 5.75 Å². The molecule has 2 rings (SSSR count). The van der Waals surface area contributed by atoms with Gasteiger partial charge in [-0.15, -0.1) is 0 Å². The van der Waals surface area contributed by atoms with Crippen LogP contribution in [0.5, 0.6) is 0 Å². The van der Waals surface area contributed by atoms with Crippen LogP contribution in [-0.4, -0.2) is 110 Å². The Balaban J connectivity index is 2.11. The van der Waals surface area contributed by atoms with Crippen LogP contribution in [0.25, 0.3) is 0 Å². The lowest BCUT2D eigenvalue weighted by molar-refractivity contribution is -0.351. The molecule has 23 heavy (non-hydrogen) atoms. The van der Waals surface area contributed by atoms with Gasteiger partial charge < -0.3 is 50.0 Å². The fourth-order valence-corrected chi connectivity index (χ4v) is 2.87. The van der Waals surface area contributed by atoms with Crippen LogP contribution >= 0.6 is 12.6 Å². The number of rotatable bonds is 4. The van der Waals surface area contributed by atoms with Gasteiger partial charge in [0.2, 0.25) is 0 Å². The van der Waals surface area contributed by atoms with Gasteiger partial charge >= 0.3 is 0 Å². The van der Waals surface area contributed by atoms with Crippen molar-refractivity contribution in [3.63, 3.8) is 0 Å². The van der Waals surface area contributed by atoms with Gasteiger partial charge in [0.25, 0.3) is 0 Å². The minimum Gasteiger partial charge on any atom is -0.394 e. The van der Waals surface area contributed by atoms with Crippen molar-refractivity contribution >= 4 is 12.6 Å². The summed E-state index contributed by atoms with van der Waals surface area (Å²) in [7, 11) is 0. The molecule has 7 N–H and O–H groups in total. The summed E-state index contributed by atoms with van der Waals surface area (Å²) in [4.78, 5) is 0. The smallest absolute Gasteiger partial charge is 0.187 e. The Morgan fingerprint density at radius 1 is 0.783 bits per heavy atom. The van der Waals surface area contributed by atoms with Gasteiger partial charge in [0.15, 0.2) is 12.6 Å². The maximum absolute atomic E-state index is 9.98. The minimum absolute atomic E-state index is 0.0271. The highest BCUT2D eigenvalue weighted by Crippen LogP contribution is 2.28. The highest BCUT2D eigenvalue weighted by molar-refractivity contribution is 7.80. The van der Waals surface area contributed by atoms with Gasteiger partial charge in [-0.25, -0.2) is 0 Å². The fourth-order valence-electron chi connectivity index (χ4n) is 2.57. The molecule has 0 aromatic carbocycles. The molecule has 0 spiro atoms. The molecule has 2 aliphatic rings. The molecule has 2 heterocycles. The van der Waals surface area contributed by atoms with Crippen LogP contribution in [0.1, 0.15) is 0 Å². The first kappa shape index (κ1) is 19.3. The van der Waals surface area contributed by atoms with Crippen LogP contribution in [0.15, 0.2) is 0 Å². The predicted octanol–water partition coefficient (Wildman–Crippen LogP) is -4.46. The average Bonchev–Trinajstić information content (AvgIpc) is 2.55. The number of hydrogen-bond donors (Lipinski definition) is 8. The average molecular weight is 358 g/mol. The number of ether oxygens (including phenoxy) is 3. The van der Waals surface area contributed by atoms with E-state index < -0.39 is 68.0 Å². The molecule has 0 aromatic rings. The van der Waals surface area contributed by atoms with E-state index in [1.165, 1.54) is 0 Å². The second kappa shape index (κ2) is 7.89. The topological polar surface area (TPSA) is 169 Å². The zero-order chi connectivity index (χ0) is 17.3. The molecule has 10 nitrogen and oxygen atoms in total. The van der Waals surface area contributed by atoms with Crippen molar-refractivity contribution in [2.45, 2.75) is 61.4 Å². The predicted molar refractivity (Wildman–Crippen MR) is 75.4 cm³/mol. The molecule has 0 aromatic heterocycles. The lowest BCUT2D eigenvalue weighted by Crippen LogP contribution is -2.64. The Kier molecular flexibility index (Phi) is 6.61. The zero-order valence-electron chi connectivity index (χ0n) is 12.0. The Morgan fingerprint density at radius 2 is 1.43 bits per heavy atom. The van der Waals surface area contributed by atoms with Crippen molar-refractivity contribution in [3.05, 3.63) is 0 Å². The molecule has 2 saturated heterocycles. The maximum atomic E-state index is 9.98. The van der Waals surface area contributed by atoms with Crippen molar-refractivity contribution < 1.29 is 50.0 Å². The minimum atomic E-state index is -1.71. The largest absolute Gasteiger partial charge is 0.394 e. The quantitative estimate of drug-likeness (QED) is 0.229. The van der Waals surface area contributed by atoms with Crippen LogP contribution in [0.3, 0.4) is 0 Å². The van der Waals surface area contributed by atoms with E-state index in [0.717, 1.165) is 0 Å². The molecular formula is C12H22O10S. The third kappa shape index (κ3) is 3.80. The molecule has 0 saturated carbocycles. The Morgan fingerprint density at radius 3 is 2.00 bits per heavy atom. The lowest BCUT2D eigenvalue weighted by Gasteiger charge is -2.45. The Bertz CT molecular complexity index is 383. The molecule has 2 fully saturated rings. The van der Waals surface area contributed by atoms with Gasteiger partial charge in [0.05, 0.1) is 12.7 Å². The van der Waals surface area contributed by atoms with E-state index in [4.69, 9.17) is 14.2 Å². The van der Waals surface area contributed by atoms with Gasteiger partial charge in [-0.3, -0.25) is 0 Å². The van der Waals surface area contributed by atoms with Crippen LogP contribution in [0, 0.1) is 0 Å². The molecule has 136 valence electrons. The van der Waals surface area contributed by atoms with E-state index in [1.54, 1.807) is 0 Å². The van der Waals surface area contributed by atoms with Gasteiger partial charge in [0.1, 0.15) is 42.7 Å². The molecule has 0 bridgehead atoms. The highest BCUT2D eigenvalue weighted by atomic mass is 32.1. The van der Waals surface area contributed by atoms with E-state index in [2.05, 4.69) is 12.6 Å². The Hall–Kier alpha value is -0.0500. The molecule has 10 atom stereocenters. The first-order chi connectivity index (χ1) is 10.8. The van der Waals surface area contributed by atoms with E-state index >= 15 is 0 Å². The lowest BCUT2D eigenvalue weighted by atomic mass is 9.97. The summed E-state index contributed by atoms with van der Waals surface area (Å²) in [5, 5.41) is 67.7. The Labute approximate surface area is 137 Å². The summed E-state index contributed by atoms with van der Waals surface area (Å²) in [5.74, 6) is 0.0271. The van der Waals surface area contributed by atoms with Crippen molar-refractivity contribution in [1.29, 1.82) is 0 Å². The molecule has 5 unspecified atom stereocenters. The van der Waals surface area contributed by atoms with Gasteiger partial charge in [-0.2, -0.15) is 12.6 Å². The fraction of sp³-hybridized carbons (Fsp3) is 1.00. The summed E-state index contributed by atoms with van der Waals surface area (Å²) < 4.78 is 15.5. The zero-order valence-corrected chi connectivity index (χ0v) is 12.9. The van der Waals surface area contributed by atoms with Gasteiger partial charge in [-0.1, -0.05) is 0 Å². The van der Waals surface area contributed by atoms with Crippen molar-refractivity contribution in [2.75, 3.05) is 12.4 Å². The maximum Gasteiger partial charge on any atom is 0.187 e. The van der Waals surface area contributed by atoms with E-state index in [0.29, 0.717) is 0 Å². The highest BCUT2D eigenvalue weighted by Gasteiger charge is 2.49. The molecule has 0 aliphatic carbocycles. The first-order valence-corrected chi connectivity index (χ1v) is 7.71. The normalized spacial score (nSPS) is 51.7. The number of hydrogen-bond acceptors (Lipinski definition) is 11. The summed E-state index contributed by atoms with van der Waals surface area (Å²) in [6, 6.07) is 0. The summed E-state index contributed by atoms with van der Waals surface area (Å²) in [6.45, 7) is -0.643. The first-order valence-electron chi connectivity index (χ1n) is 7.08. The van der Waals surface area contributed by atoms with Crippen molar-refractivity contribution in [2.24, 2.45) is 0 Å². The van der Waals surface area contributed by atoms with E-state index in [9.17, 15) is 35.7 Å². The van der Waals surface area contributed by atoms with Crippen LogP contribution in [0.4, 0.5) is 0 Å². The number of aliphatic hydroxyl groups excluding tert-OH is 7. The van der Waals surface area contributed by atoms with Crippen molar-refractivity contribution in [3.8, 4) is 0 Å². The summed E-state index contributed by atoms with van der Waals surface area (Å²) >= 11 is 3.96. The SMILES string of the molecule is OCC1O[C@@H](O)[C@@H](O)C(O)[C@@H]1O[C@@H]1OC(CS)[C@H](O)C(O)C1O. The molecule has 0 amide bonds. The summed E-state index contributed by atoms with van der Waals surface area (Å²) in [5.41, 5.74) is 0. The second-order valence-corrected chi connectivity index (χ2v) is 5.89. The van der Waals surface area contributed by atoms with Crippen molar-refractivity contribution in [1.82, 2.24) is 0 Å². The standard InChI is InChI=1S/C12H22O10S/c13-1-3-10(7(16)8(17)11(19)20-3)22-12-9(18)6(15)5(14)4(2-23)21-12/h3-19,23H,1-2H2/t3?,4?,5-,6?,7?,8-,9?,10+,11+,12-/m0/s1. The molecule has 0 radical (unpaired) electrons. The van der Waals surface area contributed by atoms with Crippen LogP contribution in [0.2, 0.25) is 0 Å². The molecule has 11 heteroatoms. The molecule has 2 aliphatic heterocycles. The molecular weight excluding hydrogens is 336 g/mol. The van der Waals surface area contributed by atoms with Gasteiger partial charge in [-0.05, 0) is 0 Å². The third-order valence-corrected chi connectivity index (χ3v) is 4.34. The summed E-state index contributed by atoms with van der Waals surface area (Å²) in [6.07, 6.45) is -14.6. The van der Waals surface area contributed by atoms with Crippen LogP contribution in [-0.2, 0) is 14.2 Å². The second-order valence-electron chi connectivity index (χ2n) is 5.53. The number of thiol groups is 1. The monoisotopic (exact) mass is 358 g/mol. The third-order valence-electron chi connectivity index (χ3n) is 3.98.